The maximum atomic E-state index is 6.42. The molecule has 0 aliphatic heterocycles. The lowest BCUT2D eigenvalue weighted by Crippen LogP contribution is -2.51. The van der Waals surface area contributed by atoms with Crippen molar-refractivity contribution in [2.24, 2.45) is 0 Å². The Morgan fingerprint density at radius 3 is 0.733 bits per heavy atom. The quantitative estimate of drug-likeness (QED) is 0.0380. The Kier molecular flexibility index (Phi) is 33.7. The topological polar surface area (TPSA) is 18.5 Å². The van der Waals surface area contributed by atoms with Crippen LogP contribution in [0.1, 0.15) is 226 Å². The summed E-state index contributed by atoms with van der Waals surface area (Å²) in [6, 6.07) is 0. The Bertz CT molecular complexity index is 519. The predicted octanol–water partition coefficient (Wildman–Crippen LogP) is 14.0. The van der Waals surface area contributed by atoms with Crippen molar-refractivity contribution in [2.75, 3.05) is 40.9 Å². The lowest BCUT2D eigenvalue weighted by atomic mass is 10.0. The third-order valence-electron chi connectivity index (χ3n) is 9.57. The van der Waals surface area contributed by atoms with E-state index in [4.69, 9.17) is 9.47 Å². The van der Waals surface area contributed by atoms with Crippen LogP contribution in [0.3, 0.4) is 0 Å². The third-order valence-corrected chi connectivity index (χ3v) is 9.57. The smallest absolute Gasteiger partial charge is 0.215 e. The number of likely N-dealkylation sites (N-methyl/N-ethyl adjacent to an activating group) is 1. The van der Waals surface area contributed by atoms with Crippen molar-refractivity contribution >= 4 is 0 Å². The molecule has 0 unspecified atom stereocenters. The number of ether oxygens (including phenoxy) is 2. The van der Waals surface area contributed by atoms with Crippen molar-refractivity contribution < 1.29 is 14.0 Å². The van der Waals surface area contributed by atoms with Crippen LogP contribution in [0.15, 0.2) is 0 Å². The first kappa shape index (κ1) is 44.9. The van der Waals surface area contributed by atoms with Crippen LogP contribution >= 0.6 is 0 Å². The molecule has 0 heterocycles. The summed E-state index contributed by atoms with van der Waals surface area (Å²) in [4.78, 5) is 0. The fraction of sp³-hybridized carbons (Fsp3) is 1.00. The molecule has 45 heavy (non-hydrogen) atoms. The van der Waals surface area contributed by atoms with Gasteiger partial charge in [-0.05, 0) is 19.8 Å². The second kappa shape index (κ2) is 33.8. The zero-order valence-corrected chi connectivity index (χ0v) is 32.5. The van der Waals surface area contributed by atoms with Crippen LogP contribution < -0.4 is 0 Å². The van der Waals surface area contributed by atoms with Crippen LogP contribution in [0, 0.1) is 0 Å². The van der Waals surface area contributed by atoms with E-state index in [1.165, 1.54) is 193 Å². The summed E-state index contributed by atoms with van der Waals surface area (Å²) in [5.41, 5.74) is 0. The van der Waals surface area contributed by atoms with Crippen molar-refractivity contribution in [1.29, 1.82) is 0 Å². The van der Waals surface area contributed by atoms with Gasteiger partial charge in [0, 0.05) is 0 Å². The standard InChI is InChI=1S/C42H88NO2/c1-7-9-11-13-15-17-19-21-23-25-27-29-31-33-35-37-39-44-42(3,41-43(4,5)6)45-40-38-36-34-32-30-28-26-24-22-20-18-16-14-12-10-8-2/h7-41H2,1-6H3/q+1. The lowest BCUT2D eigenvalue weighted by molar-refractivity contribution is -0.881. The molecule has 0 aromatic carbocycles. The van der Waals surface area contributed by atoms with Crippen molar-refractivity contribution in [2.45, 2.75) is 232 Å². The SMILES string of the molecule is CCCCCCCCCCCCCCCCCCOC(C)(C[N+](C)(C)C)OCCCCCCCCCCCCCCCCCC. The van der Waals surface area contributed by atoms with Crippen LogP contribution in [0.5, 0.6) is 0 Å². The summed E-state index contributed by atoms with van der Waals surface area (Å²) in [6.07, 6.45) is 45.0. The molecule has 0 spiro atoms. The van der Waals surface area contributed by atoms with Crippen LogP contribution in [0.2, 0.25) is 0 Å². The fourth-order valence-corrected chi connectivity index (χ4v) is 6.87. The molecule has 0 saturated heterocycles. The van der Waals surface area contributed by atoms with E-state index in [1.807, 2.05) is 0 Å². The zero-order chi connectivity index (χ0) is 33.2. The molecule has 0 aromatic rings. The van der Waals surface area contributed by atoms with Gasteiger partial charge in [-0.25, -0.2) is 0 Å². The van der Waals surface area contributed by atoms with Gasteiger partial charge in [0.15, 0.2) is 0 Å². The number of rotatable bonds is 38. The lowest BCUT2D eigenvalue weighted by Gasteiger charge is -2.36. The van der Waals surface area contributed by atoms with E-state index >= 15 is 0 Å². The Morgan fingerprint density at radius 2 is 0.533 bits per heavy atom. The number of unbranched alkanes of at least 4 members (excludes halogenated alkanes) is 30. The van der Waals surface area contributed by atoms with Crippen LogP contribution in [0.4, 0.5) is 0 Å². The molecular weight excluding hydrogens is 550 g/mol. The van der Waals surface area contributed by atoms with E-state index < -0.39 is 5.79 Å². The van der Waals surface area contributed by atoms with Gasteiger partial charge in [-0.2, -0.15) is 0 Å². The molecule has 272 valence electrons. The molecule has 0 saturated carbocycles. The average Bonchev–Trinajstić information content (AvgIpc) is 2.99. The number of nitrogens with zero attached hydrogens (tertiary/aromatic N) is 1. The van der Waals surface area contributed by atoms with Gasteiger partial charge in [0.25, 0.3) is 0 Å². The number of quaternary nitrogens is 1. The molecule has 0 radical (unpaired) electrons. The van der Waals surface area contributed by atoms with E-state index in [-0.39, 0.29) is 0 Å². The Balaban J connectivity index is 3.69. The minimum absolute atomic E-state index is 0.469. The molecule has 0 N–H and O–H groups in total. The first-order valence-electron chi connectivity index (χ1n) is 20.9. The molecular formula is C42H88NO2+. The molecule has 0 bridgehead atoms. The highest BCUT2D eigenvalue weighted by Crippen LogP contribution is 2.20. The zero-order valence-electron chi connectivity index (χ0n) is 32.5. The normalized spacial score (nSPS) is 12.4. The largest absolute Gasteiger partial charge is 0.345 e. The highest BCUT2D eigenvalue weighted by Gasteiger charge is 2.32. The highest BCUT2D eigenvalue weighted by atomic mass is 16.7. The molecule has 3 nitrogen and oxygen atoms in total. The van der Waals surface area contributed by atoms with Gasteiger partial charge in [0.05, 0.1) is 34.4 Å². The maximum absolute atomic E-state index is 6.42. The Morgan fingerprint density at radius 1 is 0.333 bits per heavy atom. The highest BCUT2D eigenvalue weighted by molar-refractivity contribution is 4.63. The van der Waals surface area contributed by atoms with Crippen molar-refractivity contribution in [3.63, 3.8) is 0 Å². The first-order valence-corrected chi connectivity index (χ1v) is 20.9. The fourth-order valence-electron chi connectivity index (χ4n) is 6.87. The summed E-state index contributed by atoms with van der Waals surface area (Å²) in [6.45, 7) is 9.33. The molecule has 3 heteroatoms. The van der Waals surface area contributed by atoms with Crippen LogP contribution in [-0.4, -0.2) is 51.2 Å². The van der Waals surface area contributed by atoms with Crippen LogP contribution in [-0.2, 0) is 9.47 Å². The molecule has 0 fully saturated rings. The minimum atomic E-state index is -0.469. The summed E-state index contributed by atoms with van der Waals surface area (Å²) in [7, 11) is 6.73. The second-order valence-corrected chi connectivity index (χ2v) is 15.9. The number of hydrogen-bond acceptors (Lipinski definition) is 2. The van der Waals surface area contributed by atoms with Crippen molar-refractivity contribution in [1.82, 2.24) is 0 Å². The van der Waals surface area contributed by atoms with Gasteiger partial charge < -0.3 is 14.0 Å². The number of hydrogen-bond donors (Lipinski definition) is 0. The minimum Gasteiger partial charge on any atom is -0.345 e. The summed E-state index contributed by atoms with van der Waals surface area (Å²) in [5.74, 6) is -0.469. The van der Waals surface area contributed by atoms with E-state index in [1.54, 1.807) is 0 Å². The molecule has 0 atom stereocenters. The monoisotopic (exact) mass is 639 g/mol. The molecule has 0 aliphatic rings. The van der Waals surface area contributed by atoms with Gasteiger partial charge >= 0.3 is 0 Å². The van der Waals surface area contributed by atoms with E-state index in [9.17, 15) is 0 Å². The van der Waals surface area contributed by atoms with Crippen molar-refractivity contribution in [3.05, 3.63) is 0 Å². The van der Waals surface area contributed by atoms with E-state index in [0.717, 1.165) is 37.1 Å². The third kappa shape index (κ3) is 36.6. The molecule has 0 rings (SSSR count). The first-order chi connectivity index (χ1) is 21.8. The van der Waals surface area contributed by atoms with E-state index in [2.05, 4.69) is 41.9 Å². The Hall–Kier alpha value is -0.120. The van der Waals surface area contributed by atoms with Gasteiger partial charge in [-0.15, -0.1) is 0 Å². The van der Waals surface area contributed by atoms with E-state index in [0.29, 0.717) is 0 Å². The van der Waals surface area contributed by atoms with Crippen LogP contribution in [0.25, 0.3) is 0 Å². The van der Waals surface area contributed by atoms with Gasteiger partial charge in [0.1, 0.15) is 6.54 Å². The molecule has 0 aromatic heterocycles. The van der Waals surface area contributed by atoms with Gasteiger partial charge in [0.2, 0.25) is 5.79 Å². The second-order valence-electron chi connectivity index (χ2n) is 15.9. The summed E-state index contributed by atoms with van der Waals surface area (Å²) >= 11 is 0. The molecule has 0 aliphatic carbocycles. The average molecular weight is 639 g/mol. The maximum Gasteiger partial charge on any atom is 0.215 e. The molecule has 0 amide bonds. The van der Waals surface area contributed by atoms with Crippen molar-refractivity contribution in [3.8, 4) is 0 Å². The summed E-state index contributed by atoms with van der Waals surface area (Å²) < 4.78 is 13.7. The van der Waals surface area contributed by atoms with Gasteiger partial charge in [-0.1, -0.05) is 206 Å². The summed E-state index contributed by atoms with van der Waals surface area (Å²) in [5, 5.41) is 0. The van der Waals surface area contributed by atoms with Gasteiger partial charge in [-0.3, -0.25) is 0 Å². The Labute approximate surface area is 286 Å². The predicted molar refractivity (Wildman–Crippen MR) is 202 cm³/mol.